The van der Waals surface area contributed by atoms with E-state index >= 15 is 0 Å². The number of rotatable bonds is 12. The second-order valence-electron chi connectivity index (χ2n) is 5.10. The van der Waals surface area contributed by atoms with Crippen LogP contribution in [0.2, 0.25) is 0 Å². The van der Waals surface area contributed by atoms with Crippen LogP contribution in [0.15, 0.2) is 0 Å². The molecule has 0 aromatic heterocycles. The first-order chi connectivity index (χ1) is 7.93. The standard InChI is InChI=1S/C14H30N2/c1-2-3-4-5-6-7-8-9-10-11-12-15-14-13-16-14/h14-16H,2-13H2,1H3. The highest BCUT2D eigenvalue weighted by atomic mass is 15.3. The fourth-order valence-corrected chi connectivity index (χ4v) is 2.09. The van der Waals surface area contributed by atoms with Crippen molar-refractivity contribution in [1.82, 2.24) is 10.6 Å². The molecule has 0 bridgehead atoms. The zero-order valence-corrected chi connectivity index (χ0v) is 11.1. The van der Waals surface area contributed by atoms with Gasteiger partial charge in [0.1, 0.15) is 0 Å². The first-order valence-electron chi connectivity index (χ1n) is 7.40. The molecule has 1 atom stereocenters. The van der Waals surface area contributed by atoms with Crippen LogP contribution < -0.4 is 10.6 Å². The van der Waals surface area contributed by atoms with Gasteiger partial charge in [-0.15, -0.1) is 0 Å². The van der Waals surface area contributed by atoms with Crippen molar-refractivity contribution in [1.29, 1.82) is 0 Å². The minimum atomic E-state index is 0.651. The Morgan fingerprint density at radius 1 is 0.875 bits per heavy atom. The van der Waals surface area contributed by atoms with Crippen LogP contribution in [0, 0.1) is 0 Å². The number of unbranched alkanes of at least 4 members (excludes halogenated alkanes) is 9. The van der Waals surface area contributed by atoms with Crippen LogP contribution in [0.25, 0.3) is 0 Å². The van der Waals surface area contributed by atoms with Crippen molar-refractivity contribution in [3.63, 3.8) is 0 Å². The first kappa shape index (κ1) is 14.0. The summed E-state index contributed by atoms with van der Waals surface area (Å²) < 4.78 is 0. The average molecular weight is 226 g/mol. The Labute approximate surface area is 102 Å². The smallest absolute Gasteiger partial charge is 0.0702 e. The van der Waals surface area contributed by atoms with Crippen LogP contribution in [0.4, 0.5) is 0 Å². The van der Waals surface area contributed by atoms with Crippen molar-refractivity contribution in [3.8, 4) is 0 Å². The van der Waals surface area contributed by atoms with E-state index in [1.807, 2.05) is 0 Å². The molecule has 1 unspecified atom stereocenters. The highest BCUT2D eigenvalue weighted by Gasteiger charge is 2.17. The van der Waals surface area contributed by atoms with E-state index in [9.17, 15) is 0 Å². The van der Waals surface area contributed by atoms with Crippen molar-refractivity contribution >= 4 is 0 Å². The summed E-state index contributed by atoms with van der Waals surface area (Å²) in [5, 5.41) is 6.73. The molecule has 2 nitrogen and oxygen atoms in total. The minimum Gasteiger partial charge on any atom is -0.301 e. The summed E-state index contributed by atoms with van der Waals surface area (Å²) in [5.74, 6) is 0. The average Bonchev–Trinajstić information content (AvgIpc) is 3.10. The molecule has 0 amide bonds. The van der Waals surface area contributed by atoms with Gasteiger partial charge in [-0.2, -0.15) is 0 Å². The van der Waals surface area contributed by atoms with E-state index < -0.39 is 0 Å². The van der Waals surface area contributed by atoms with Gasteiger partial charge in [0, 0.05) is 6.54 Å². The summed E-state index contributed by atoms with van der Waals surface area (Å²) in [6.45, 7) is 4.66. The minimum absolute atomic E-state index is 0.651. The van der Waals surface area contributed by atoms with Crippen molar-refractivity contribution in [2.45, 2.75) is 77.3 Å². The molecule has 1 heterocycles. The molecule has 1 saturated heterocycles. The molecule has 96 valence electrons. The van der Waals surface area contributed by atoms with E-state index in [0.29, 0.717) is 6.17 Å². The molecule has 1 aliphatic heterocycles. The number of hydrogen-bond donors (Lipinski definition) is 2. The van der Waals surface area contributed by atoms with Gasteiger partial charge < -0.3 is 5.32 Å². The van der Waals surface area contributed by atoms with Gasteiger partial charge in [0.15, 0.2) is 0 Å². The lowest BCUT2D eigenvalue weighted by Crippen LogP contribution is -2.20. The molecule has 0 aromatic carbocycles. The van der Waals surface area contributed by atoms with Gasteiger partial charge >= 0.3 is 0 Å². The monoisotopic (exact) mass is 226 g/mol. The molecular formula is C14H30N2. The molecule has 0 aliphatic carbocycles. The van der Waals surface area contributed by atoms with E-state index in [2.05, 4.69) is 17.6 Å². The van der Waals surface area contributed by atoms with Crippen LogP contribution in [0.1, 0.15) is 71.1 Å². The van der Waals surface area contributed by atoms with Crippen LogP contribution in [0.5, 0.6) is 0 Å². The quantitative estimate of drug-likeness (QED) is 0.395. The third-order valence-electron chi connectivity index (χ3n) is 3.33. The lowest BCUT2D eigenvalue weighted by atomic mass is 10.1. The molecule has 1 aliphatic rings. The Balaban J connectivity index is 1.61. The van der Waals surface area contributed by atoms with Crippen molar-refractivity contribution in [2.24, 2.45) is 0 Å². The Kier molecular flexibility index (Phi) is 8.83. The molecule has 0 saturated carbocycles. The third-order valence-corrected chi connectivity index (χ3v) is 3.33. The van der Waals surface area contributed by atoms with Gasteiger partial charge in [0.25, 0.3) is 0 Å². The van der Waals surface area contributed by atoms with Crippen LogP contribution in [-0.4, -0.2) is 19.3 Å². The van der Waals surface area contributed by atoms with E-state index in [0.717, 1.165) is 0 Å². The maximum absolute atomic E-state index is 3.47. The fraction of sp³-hybridized carbons (Fsp3) is 1.00. The van der Waals surface area contributed by atoms with E-state index in [4.69, 9.17) is 0 Å². The molecule has 2 heteroatoms. The largest absolute Gasteiger partial charge is 0.301 e. The molecule has 16 heavy (non-hydrogen) atoms. The summed E-state index contributed by atoms with van der Waals surface area (Å²) >= 11 is 0. The van der Waals surface area contributed by atoms with Gasteiger partial charge in [-0.05, 0) is 13.0 Å². The van der Waals surface area contributed by atoms with Crippen LogP contribution >= 0.6 is 0 Å². The summed E-state index contributed by atoms with van der Waals surface area (Å²) in [5.41, 5.74) is 0. The molecule has 0 aromatic rings. The number of hydrogen-bond acceptors (Lipinski definition) is 2. The number of nitrogens with one attached hydrogen (secondary N) is 2. The first-order valence-corrected chi connectivity index (χ1v) is 7.40. The highest BCUT2D eigenvalue weighted by Crippen LogP contribution is 2.10. The summed E-state index contributed by atoms with van der Waals surface area (Å²) in [6, 6.07) is 0. The topological polar surface area (TPSA) is 34.0 Å². The summed E-state index contributed by atoms with van der Waals surface area (Å²) in [4.78, 5) is 0. The van der Waals surface area contributed by atoms with Gasteiger partial charge in [0.2, 0.25) is 0 Å². The molecule has 1 fully saturated rings. The zero-order valence-electron chi connectivity index (χ0n) is 11.1. The van der Waals surface area contributed by atoms with Crippen LogP contribution in [-0.2, 0) is 0 Å². The lowest BCUT2D eigenvalue weighted by Gasteiger charge is -2.03. The third kappa shape index (κ3) is 9.17. The Bertz CT molecular complexity index is 144. The second-order valence-corrected chi connectivity index (χ2v) is 5.10. The molecule has 1 rings (SSSR count). The van der Waals surface area contributed by atoms with Crippen molar-refractivity contribution in [2.75, 3.05) is 13.1 Å². The summed E-state index contributed by atoms with van der Waals surface area (Å²) in [7, 11) is 0. The predicted molar refractivity (Wildman–Crippen MR) is 71.6 cm³/mol. The van der Waals surface area contributed by atoms with Gasteiger partial charge in [-0.1, -0.05) is 64.7 Å². The maximum Gasteiger partial charge on any atom is 0.0702 e. The zero-order chi connectivity index (χ0) is 11.5. The fourth-order valence-electron chi connectivity index (χ4n) is 2.09. The van der Waals surface area contributed by atoms with Gasteiger partial charge in [-0.25, -0.2) is 0 Å². The van der Waals surface area contributed by atoms with E-state index in [1.54, 1.807) is 0 Å². The maximum atomic E-state index is 3.47. The highest BCUT2D eigenvalue weighted by molar-refractivity contribution is 4.79. The SMILES string of the molecule is CCCCCCCCCCCCNC1CN1. The van der Waals surface area contributed by atoms with E-state index in [1.165, 1.54) is 77.3 Å². The Morgan fingerprint density at radius 2 is 1.38 bits per heavy atom. The molecular weight excluding hydrogens is 196 g/mol. The normalized spacial score (nSPS) is 18.9. The summed E-state index contributed by atoms with van der Waals surface area (Å²) in [6.07, 6.45) is 14.9. The molecule has 0 spiro atoms. The lowest BCUT2D eigenvalue weighted by molar-refractivity contribution is 0.542. The van der Waals surface area contributed by atoms with Crippen molar-refractivity contribution < 1.29 is 0 Å². The predicted octanol–water partition coefficient (Wildman–Crippen LogP) is 3.43. The van der Waals surface area contributed by atoms with E-state index in [-0.39, 0.29) is 0 Å². The van der Waals surface area contributed by atoms with Crippen LogP contribution in [0.3, 0.4) is 0 Å². The molecule has 2 N–H and O–H groups in total. The van der Waals surface area contributed by atoms with Gasteiger partial charge in [-0.3, -0.25) is 5.32 Å². The second kappa shape index (κ2) is 10.1. The molecule has 0 radical (unpaired) electrons. The van der Waals surface area contributed by atoms with Crippen molar-refractivity contribution in [3.05, 3.63) is 0 Å². The Morgan fingerprint density at radius 3 is 1.88 bits per heavy atom. The Hall–Kier alpha value is -0.0800. The van der Waals surface area contributed by atoms with Gasteiger partial charge in [0.05, 0.1) is 6.17 Å².